The summed E-state index contributed by atoms with van der Waals surface area (Å²) in [5.74, 6) is 0. The van der Waals surface area contributed by atoms with Crippen molar-refractivity contribution in [3.05, 3.63) is 0 Å². The van der Waals surface area contributed by atoms with E-state index in [0.717, 1.165) is 0 Å². The number of rotatable bonds is 0. The van der Waals surface area contributed by atoms with Crippen LogP contribution in [-0.2, 0) is 4.79 Å². The van der Waals surface area contributed by atoms with E-state index in [0.29, 0.717) is 0 Å². The number of hydrogen-bond acceptors (Lipinski definition) is 2. The molecule has 8 heavy (non-hydrogen) atoms. The summed E-state index contributed by atoms with van der Waals surface area (Å²) in [5, 5.41) is 6.89. The largest absolute Gasteiger partial charge is 0.483 e. The minimum Gasteiger partial charge on any atom is -0.483 e. The average molecular weight is 148 g/mol. The highest BCUT2D eigenvalue weighted by Crippen LogP contribution is 2.17. The van der Waals surface area contributed by atoms with Crippen molar-refractivity contribution in [3.8, 4) is 0 Å². The third-order valence-corrected chi connectivity index (χ3v) is 0. The first-order chi connectivity index (χ1) is 3.41. The molecule has 50 valence electrons. The van der Waals surface area contributed by atoms with Gasteiger partial charge in [-0.15, -0.1) is 0 Å². The Bertz CT molecular complexity index is 54.8. The lowest BCUT2D eigenvalue weighted by Gasteiger charge is -1.87. The van der Waals surface area contributed by atoms with Crippen LogP contribution in [0.15, 0.2) is 0 Å². The van der Waals surface area contributed by atoms with E-state index in [4.69, 9.17) is 9.90 Å². The van der Waals surface area contributed by atoms with E-state index < -0.39 is 5.51 Å². The van der Waals surface area contributed by atoms with E-state index in [2.05, 4.69) is 12.6 Å². The Morgan fingerprint density at radius 3 is 1.50 bits per heavy atom. The number of alkyl halides is 3. The molecule has 0 aromatic heterocycles. The zero-order valence-electron chi connectivity index (χ0n) is 3.51. The third-order valence-electron chi connectivity index (χ3n) is 0. The molecule has 0 aromatic carbocycles. The van der Waals surface area contributed by atoms with Crippen LogP contribution in [0.25, 0.3) is 0 Å². The zero-order valence-corrected chi connectivity index (χ0v) is 4.41. The molecule has 0 spiro atoms. The molecule has 2 nitrogen and oxygen atoms in total. The molecule has 0 aliphatic carbocycles. The molecule has 0 fully saturated rings. The summed E-state index contributed by atoms with van der Waals surface area (Å²) in [4.78, 5) is 8.36. The van der Waals surface area contributed by atoms with Gasteiger partial charge in [0.15, 0.2) is 0 Å². The SMILES string of the molecule is FC(F)(F)S.O=CO. The van der Waals surface area contributed by atoms with Gasteiger partial charge >= 0.3 is 5.51 Å². The molecule has 1 N–H and O–H groups in total. The molecule has 0 aliphatic heterocycles. The lowest BCUT2D eigenvalue weighted by molar-refractivity contribution is -0.122. The Labute approximate surface area is 48.7 Å². The van der Waals surface area contributed by atoms with E-state index >= 15 is 0 Å². The zero-order chi connectivity index (χ0) is 7.21. The van der Waals surface area contributed by atoms with Crippen molar-refractivity contribution in [2.45, 2.75) is 5.51 Å². The van der Waals surface area contributed by atoms with E-state index in [1.54, 1.807) is 0 Å². The van der Waals surface area contributed by atoms with Gasteiger partial charge in [0, 0.05) is 0 Å². The van der Waals surface area contributed by atoms with Crippen molar-refractivity contribution < 1.29 is 23.1 Å². The molecular weight excluding hydrogens is 145 g/mol. The van der Waals surface area contributed by atoms with E-state index in [1.807, 2.05) is 0 Å². The second-order valence-electron chi connectivity index (χ2n) is 0.573. The van der Waals surface area contributed by atoms with Crippen molar-refractivity contribution in [3.63, 3.8) is 0 Å². The molecule has 6 heteroatoms. The van der Waals surface area contributed by atoms with Crippen molar-refractivity contribution in [1.82, 2.24) is 0 Å². The molecule has 0 atom stereocenters. The molecule has 0 saturated carbocycles. The Hall–Kier alpha value is -0.390. The molecule has 0 aliphatic rings. The number of carbonyl (C=O) groups is 1. The molecule has 0 rings (SSSR count). The molecular formula is C2H3F3O2S. The van der Waals surface area contributed by atoms with Gasteiger partial charge in [0.25, 0.3) is 6.47 Å². The normalized spacial score (nSPS) is 9.00. The standard InChI is InChI=1S/CHF3S.CH2O2/c2-1(3,4)5;2-1-3/h5H;1H,(H,2,3). The highest BCUT2D eigenvalue weighted by Gasteiger charge is 2.17. The first kappa shape index (κ1) is 10.6. The topological polar surface area (TPSA) is 37.3 Å². The number of carboxylic acid groups (broad SMARTS) is 1. The molecule has 0 heterocycles. The number of hydrogen-bond donors (Lipinski definition) is 2. The molecule has 0 unspecified atom stereocenters. The smallest absolute Gasteiger partial charge is 0.438 e. The summed E-state index contributed by atoms with van der Waals surface area (Å²) in [6.45, 7) is -0.250. The summed E-state index contributed by atoms with van der Waals surface area (Å²) in [7, 11) is 0. The highest BCUT2D eigenvalue weighted by atomic mass is 32.1. The first-order valence-corrected chi connectivity index (χ1v) is 1.73. The quantitative estimate of drug-likeness (QED) is 0.399. The summed E-state index contributed by atoms with van der Waals surface area (Å²) >= 11 is 2.12. The van der Waals surface area contributed by atoms with Gasteiger partial charge in [-0.2, -0.15) is 13.2 Å². The van der Waals surface area contributed by atoms with Gasteiger partial charge in [-0.1, -0.05) is 12.6 Å². The van der Waals surface area contributed by atoms with Gasteiger partial charge in [-0.05, 0) is 0 Å². The molecule has 0 amide bonds. The third kappa shape index (κ3) is 784. The van der Waals surface area contributed by atoms with E-state index in [9.17, 15) is 13.2 Å². The fraction of sp³-hybridized carbons (Fsp3) is 0.500. The Kier molecular flexibility index (Phi) is 6.29. The summed E-state index contributed by atoms with van der Waals surface area (Å²) < 4.78 is 30.7. The van der Waals surface area contributed by atoms with Crippen LogP contribution in [0.5, 0.6) is 0 Å². The van der Waals surface area contributed by atoms with Crippen molar-refractivity contribution in [2.24, 2.45) is 0 Å². The Balaban J connectivity index is 0. The van der Waals surface area contributed by atoms with E-state index in [1.165, 1.54) is 0 Å². The van der Waals surface area contributed by atoms with Gasteiger partial charge < -0.3 is 5.11 Å². The molecule has 0 aromatic rings. The second kappa shape index (κ2) is 4.76. The van der Waals surface area contributed by atoms with E-state index in [-0.39, 0.29) is 6.47 Å². The first-order valence-electron chi connectivity index (χ1n) is 1.28. The Morgan fingerprint density at radius 2 is 1.50 bits per heavy atom. The number of thiol groups is 1. The van der Waals surface area contributed by atoms with Crippen molar-refractivity contribution in [1.29, 1.82) is 0 Å². The second-order valence-corrected chi connectivity index (χ2v) is 1.08. The van der Waals surface area contributed by atoms with Gasteiger partial charge in [0.2, 0.25) is 0 Å². The van der Waals surface area contributed by atoms with Crippen molar-refractivity contribution >= 4 is 19.1 Å². The average Bonchev–Trinajstić information content (AvgIpc) is 1.27. The fourth-order valence-corrected chi connectivity index (χ4v) is 0. The van der Waals surface area contributed by atoms with Crippen molar-refractivity contribution in [2.75, 3.05) is 0 Å². The lowest BCUT2D eigenvalue weighted by atomic mass is 11.6. The predicted octanol–water partition coefficient (Wildman–Crippen LogP) is 1.14. The van der Waals surface area contributed by atoms with Gasteiger partial charge in [0.05, 0.1) is 0 Å². The number of halogens is 3. The van der Waals surface area contributed by atoms with Crippen LogP contribution in [0.3, 0.4) is 0 Å². The molecule has 0 radical (unpaired) electrons. The fourth-order valence-electron chi connectivity index (χ4n) is 0. The molecule has 0 bridgehead atoms. The summed E-state index contributed by atoms with van der Waals surface area (Å²) in [6, 6.07) is 0. The van der Waals surface area contributed by atoms with Crippen LogP contribution < -0.4 is 0 Å². The predicted molar refractivity (Wildman–Crippen MR) is 23.7 cm³/mol. The van der Waals surface area contributed by atoms with Crippen LogP contribution in [0, 0.1) is 0 Å². The van der Waals surface area contributed by atoms with Gasteiger partial charge in [-0.3, -0.25) is 4.79 Å². The minimum absolute atomic E-state index is 0.250. The summed E-state index contributed by atoms with van der Waals surface area (Å²) in [5.41, 5.74) is -4.31. The Morgan fingerprint density at radius 1 is 1.50 bits per heavy atom. The van der Waals surface area contributed by atoms with Gasteiger partial charge in [0.1, 0.15) is 0 Å². The summed E-state index contributed by atoms with van der Waals surface area (Å²) in [6.07, 6.45) is 0. The van der Waals surface area contributed by atoms with Crippen LogP contribution in [0.1, 0.15) is 0 Å². The maximum atomic E-state index is 10.2. The van der Waals surface area contributed by atoms with Crippen LogP contribution in [0.4, 0.5) is 13.2 Å². The van der Waals surface area contributed by atoms with Crippen LogP contribution in [0.2, 0.25) is 0 Å². The maximum Gasteiger partial charge on any atom is 0.438 e. The highest BCUT2D eigenvalue weighted by molar-refractivity contribution is 7.81. The monoisotopic (exact) mass is 148 g/mol. The minimum atomic E-state index is -4.31. The lowest BCUT2D eigenvalue weighted by Crippen LogP contribution is -1.89. The van der Waals surface area contributed by atoms with Crippen LogP contribution in [-0.4, -0.2) is 17.1 Å². The molecule has 0 saturated heterocycles. The maximum absolute atomic E-state index is 10.2. The van der Waals surface area contributed by atoms with Crippen LogP contribution >= 0.6 is 12.6 Å². The van der Waals surface area contributed by atoms with Gasteiger partial charge in [-0.25, -0.2) is 0 Å².